The Bertz CT molecular complexity index is 1560. The van der Waals surface area contributed by atoms with E-state index in [0.29, 0.717) is 12.4 Å². The molecule has 1 fully saturated rings. The largest absolute Gasteiger partial charge is 0.494 e. The zero-order valence-corrected chi connectivity index (χ0v) is 24.6. The highest BCUT2D eigenvalue weighted by Crippen LogP contribution is 2.38. The van der Waals surface area contributed by atoms with E-state index in [2.05, 4.69) is 80.9 Å². The van der Waals surface area contributed by atoms with Gasteiger partial charge >= 0.3 is 0 Å². The number of para-hydroxylation sites is 1. The highest BCUT2D eigenvalue weighted by atomic mass is 16.5. The summed E-state index contributed by atoms with van der Waals surface area (Å²) >= 11 is 0. The molecule has 0 radical (unpaired) electrons. The number of fused-ring (bicyclic) bond motifs is 1. The van der Waals surface area contributed by atoms with E-state index in [9.17, 15) is 4.79 Å². The Morgan fingerprint density at radius 3 is 2.48 bits per heavy atom. The zero-order chi connectivity index (χ0) is 29.1. The quantitative estimate of drug-likeness (QED) is 0.268. The van der Waals surface area contributed by atoms with E-state index in [1.165, 1.54) is 16.7 Å². The molecule has 2 aliphatic heterocycles. The van der Waals surface area contributed by atoms with Crippen LogP contribution in [-0.2, 0) is 17.8 Å². The van der Waals surface area contributed by atoms with Gasteiger partial charge in [-0.1, -0.05) is 42.0 Å². The van der Waals surface area contributed by atoms with Crippen molar-refractivity contribution in [2.75, 3.05) is 60.3 Å². The highest BCUT2D eigenvalue weighted by Gasteiger charge is 2.25. The average molecular weight is 563 g/mol. The Kier molecular flexibility index (Phi) is 7.97. The number of carbonyl (C=O) groups excluding carboxylic acids is 1. The first kappa shape index (κ1) is 27.6. The third-order valence-electron chi connectivity index (χ3n) is 8.13. The number of piperazine rings is 1. The molecule has 0 saturated carbocycles. The van der Waals surface area contributed by atoms with Crippen molar-refractivity contribution in [2.24, 2.45) is 0 Å². The number of hydrogen-bond acceptors (Lipinski definition) is 7. The van der Waals surface area contributed by atoms with Gasteiger partial charge in [0, 0.05) is 75.9 Å². The number of anilines is 6. The first-order valence-electron chi connectivity index (χ1n) is 14.6. The van der Waals surface area contributed by atoms with Gasteiger partial charge in [-0.15, -0.1) is 0 Å². The molecule has 1 amide bonds. The normalized spacial score (nSPS) is 14.9. The molecule has 0 bridgehead atoms. The van der Waals surface area contributed by atoms with Crippen LogP contribution in [0.5, 0.6) is 5.75 Å². The topological polar surface area (TPSA) is 73.0 Å². The number of ether oxygens (including phenoxy) is 1. The lowest BCUT2D eigenvalue weighted by Gasteiger charge is -2.36. The van der Waals surface area contributed by atoms with Crippen molar-refractivity contribution >= 4 is 40.2 Å². The molecule has 42 heavy (non-hydrogen) atoms. The van der Waals surface area contributed by atoms with Gasteiger partial charge < -0.3 is 25.2 Å². The lowest BCUT2D eigenvalue weighted by atomic mass is 10.1. The molecule has 6 rings (SSSR count). The van der Waals surface area contributed by atoms with Gasteiger partial charge in [0.05, 0.1) is 24.2 Å². The Balaban J connectivity index is 1.11. The van der Waals surface area contributed by atoms with Gasteiger partial charge in [-0.3, -0.25) is 9.69 Å². The SMILES string of the molecule is COc1cc(N2CCN(Cc3ccc(C)cc3)CC2)ccc1Nc1cc(Nc2cccc3c2N(C(C)=O)CC3)ccn1. The molecule has 0 aliphatic carbocycles. The molecular weight excluding hydrogens is 524 g/mol. The first-order chi connectivity index (χ1) is 20.5. The van der Waals surface area contributed by atoms with Crippen molar-refractivity contribution in [2.45, 2.75) is 26.8 Å². The Labute approximate surface area is 247 Å². The molecule has 2 aliphatic rings. The standard InChI is InChI=1S/C34H38N6O2/c1-24-7-9-26(10-8-24)23-38-17-19-39(20-18-38)29-11-12-30(32(22-29)42-3)37-33-21-28(13-15-35-33)36-31-6-4-5-27-14-16-40(25(2)41)34(27)31/h4-13,15,21-22H,14,16-20,23H2,1-3H3,(H2,35,36,37). The molecule has 1 aromatic heterocycles. The zero-order valence-electron chi connectivity index (χ0n) is 24.6. The minimum Gasteiger partial charge on any atom is -0.494 e. The molecule has 0 atom stereocenters. The van der Waals surface area contributed by atoms with Crippen LogP contribution in [0.25, 0.3) is 0 Å². The van der Waals surface area contributed by atoms with Crippen LogP contribution in [0.15, 0.2) is 79.0 Å². The maximum atomic E-state index is 12.2. The van der Waals surface area contributed by atoms with Gasteiger partial charge in [-0.25, -0.2) is 4.98 Å². The van der Waals surface area contributed by atoms with Crippen LogP contribution < -0.4 is 25.2 Å². The maximum Gasteiger partial charge on any atom is 0.223 e. The number of nitrogens with zero attached hydrogens (tertiary/aromatic N) is 4. The van der Waals surface area contributed by atoms with Gasteiger partial charge in [0.1, 0.15) is 11.6 Å². The number of aromatic nitrogens is 1. The summed E-state index contributed by atoms with van der Waals surface area (Å²) in [4.78, 5) is 23.5. The molecular formula is C34H38N6O2. The third kappa shape index (κ3) is 6.04. The summed E-state index contributed by atoms with van der Waals surface area (Å²) in [5.74, 6) is 1.53. The highest BCUT2D eigenvalue weighted by molar-refractivity contribution is 5.98. The fraction of sp³-hybridized carbons (Fsp3) is 0.294. The molecule has 8 nitrogen and oxygen atoms in total. The number of rotatable bonds is 8. The maximum absolute atomic E-state index is 12.2. The van der Waals surface area contributed by atoms with Gasteiger partial charge in [0.25, 0.3) is 0 Å². The van der Waals surface area contributed by atoms with Crippen LogP contribution in [0.1, 0.15) is 23.6 Å². The number of carbonyl (C=O) groups is 1. The number of methoxy groups -OCH3 is 1. The van der Waals surface area contributed by atoms with Crippen LogP contribution in [-0.4, -0.2) is 55.6 Å². The number of hydrogen-bond donors (Lipinski definition) is 2. The van der Waals surface area contributed by atoms with Gasteiger partial charge in [0.2, 0.25) is 5.91 Å². The average Bonchev–Trinajstić information content (AvgIpc) is 3.45. The minimum absolute atomic E-state index is 0.0553. The van der Waals surface area contributed by atoms with E-state index >= 15 is 0 Å². The van der Waals surface area contributed by atoms with E-state index in [4.69, 9.17) is 4.74 Å². The van der Waals surface area contributed by atoms with E-state index in [0.717, 1.165) is 73.3 Å². The number of pyridine rings is 1. The fourth-order valence-electron chi connectivity index (χ4n) is 5.84. The first-order valence-corrected chi connectivity index (χ1v) is 14.6. The van der Waals surface area contributed by atoms with E-state index in [1.54, 1.807) is 20.2 Å². The van der Waals surface area contributed by atoms with Gasteiger partial charge in [-0.05, 0) is 48.7 Å². The van der Waals surface area contributed by atoms with Crippen molar-refractivity contribution < 1.29 is 9.53 Å². The summed E-state index contributed by atoms with van der Waals surface area (Å²) in [7, 11) is 1.70. The predicted octanol–water partition coefficient (Wildman–Crippen LogP) is 6.12. The molecule has 0 spiro atoms. The van der Waals surface area contributed by atoms with Crippen LogP contribution in [0, 0.1) is 6.92 Å². The second kappa shape index (κ2) is 12.1. The molecule has 216 valence electrons. The smallest absolute Gasteiger partial charge is 0.223 e. The van der Waals surface area contributed by atoms with Crippen molar-refractivity contribution in [1.29, 1.82) is 0 Å². The second-order valence-corrected chi connectivity index (χ2v) is 11.0. The minimum atomic E-state index is 0.0553. The summed E-state index contributed by atoms with van der Waals surface area (Å²) in [5.41, 5.74) is 8.62. The summed E-state index contributed by atoms with van der Waals surface area (Å²) in [6.45, 7) is 9.44. The second-order valence-electron chi connectivity index (χ2n) is 11.0. The van der Waals surface area contributed by atoms with Crippen molar-refractivity contribution in [1.82, 2.24) is 9.88 Å². The van der Waals surface area contributed by atoms with E-state index in [-0.39, 0.29) is 5.91 Å². The summed E-state index contributed by atoms with van der Waals surface area (Å²) in [6.07, 6.45) is 2.64. The van der Waals surface area contributed by atoms with Gasteiger partial charge in [0.15, 0.2) is 0 Å². The molecule has 3 aromatic carbocycles. The number of nitrogens with one attached hydrogen (secondary N) is 2. The van der Waals surface area contributed by atoms with E-state index in [1.807, 2.05) is 29.2 Å². The lowest BCUT2D eigenvalue weighted by Crippen LogP contribution is -2.45. The summed E-state index contributed by atoms with van der Waals surface area (Å²) < 4.78 is 5.79. The molecule has 4 aromatic rings. The van der Waals surface area contributed by atoms with Crippen LogP contribution in [0.2, 0.25) is 0 Å². The number of benzene rings is 3. The molecule has 8 heteroatoms. The number of amides is 1. The number of aryl methyl sites for hydroxylation is 1. The van der Waals surface area contributed by atoms with Crippen LogP contribution >= 0.6 is 0 Å². The molecule has 3 heterocycles. The Hall–Kier alpha value is -4.56. The summed E-state index contributed by atoms with van der Waals surface area (Å²) in [5, 5.41) is 6.93. The van der Waals surface area contributed by atoms with Crippen molar-refractivity contribution in [3.63, 3.8) is 0 Å². The van der Waals surface area contributed by atoms with E-state index < -0.39 is 0 Å². The third-order valence-corrected chi connectivity index (χ3v) is 8.13. The van der Waals surface area contributed by atoms with Crippen LogP contribution in [0.3, 0.4) is 0 Å². The van der Waals surface area contributed by atoms with Gasteiger partial charge in [-0.2, -0.15) is 0 Å². The molecule has 0 unspecified atom stereocenters. The Morgan fingerprint density at radius 2 is 1.71 bits per heavy atom. The Morgan fingerprint density at radius 1 is 0.905 bits per heavy atom. The summed E-state index contributed by atoms with van der Waals surface area (Å²) in [6, 6.07) is 25.2. The predicted molar refractivity (Wildman–Crippen MR) is 171 cm³/mol. The van der Waals surface area contributed by atoms with Crippen molar-refractivity contribution in [3.05, 3.63) is 95.7 Å². The fourth-order valence-corrected chi connectivity index (χ4v) is 5.84. The lowest BCUT2D eigenvalue weighted by molar-refractivity contribution is -0.116. The van der Waals surface area contributed by atoms with Crippen LogP contribution in [0.4, 0.5) is 34.3 Å². The molecule has 1 saturated heterocycles. The molecule has 2 N–H and O–H groups in total. The monoisotopic (exact) mass is 562 g/mol. The van der Waals surface area contributed by atoms with Crippen molar-refractivity contribution in [3.8, 4) is 5.75 Å².